The van der Waals surface area contributed by atoms with Crippen molar-refractivity contribution in [1.82, 2.24) is 5.32 Å². The lowest BCUT2D eigenvalue weighted by atomic mass is 10.1. The van der Waals surface area contributed by atoms with Gasteiger partial charge in [-0.3, -0.25) is 0 Å². The van der Waals surface area contributed by atoms with Gasteiger partial charge in [-0.05, 0) is 24.1 Å². The van der Waals surface area contributed by atoms with E-state index in [1.54, 1.807) is 12.2 Å². The van der Waals surface area contributed by atoms with Gasteiger partial charge < -0.3 is 5.32 Å². The predicted molar refractivity (Wildman–Crippen MR) is 51.3 cm³/mol. The third-order valence-electron chi connectivity index (χ3n) is 1.43. The molecule has 60 valence electrons. The maximum Gasteiger partial charge on any atom is 0.0407 e. The van der Waals surface area contributed by atoms with Crippen molar-refractivity contribution in [3.05, 3.63) is 48.7 Å². The molecule has 0 rings (SSSR count). The maximum absolute atomic E-state index is 3.83. The van der Waals surface area contributed by atoms with E-state index in [4.69, 9.17) is 0 Å². The van der Waals surface area contributed by atoms with Gasteiger partial charge in [0.25, 0.3) is 0 Å². The minimum Gasteiger partial charge on any atom is -0.388 e. The Hall–Kier alpha value is -1.24. The zero-order valence-corrected chi connectivity index (χ0v) is 7.28. The normalized spacial score (nSPS) is 11.5. The summed E-state index contributed by atoms with van der Waals surface area (Å²) in [4.78, 5) is 0. The van der Waals surface area contributed by atoms with Crippen LogP contribution in [0.1, 0.15) is 6.92 Å². The number of allylic oxidation sites excluding steroid dienone is 4. The Bertz CT molecular complexity index is 209. The zero-order valence-electron chi connectivity index (χ0n) is 7.28. The summed E-state index contributed by atoms with van der Waals surface area (Å²) in [5, 5.41) is 3.01. The van der Waals surface area contributed by atoms with Crippen LogP contribution < -0.4 is 5.32 Å². The monoisotopic (exact) mass is 149 g/mol. The molecule has 0 unspecified atom stereocenters. The van der Waals surface area contributed by atoms with Gasteiger partial charge in [-0.1, -0.05) is 25.8 Å². The Kier molecular flexibility index (Phi) is 4.04. The molecule has 0 radical (unpaired) electrons. The lowest BCUT2D eigenvalue weighted by Gasteiger charge is -2.07. The van der Waals surface area contributed by atoms with Crippen LogP contribution in [0.4, 0.5) is 0 Å². The van der Waals surface area contributed by atoms with E-state index in [-0.39, 0.29) is 0 Å². The molecule has 0 saturated heterocycles. The van der Waals surface area contributed by atoms with Gasteiger partial charge in [0.1, 0.15) is 0 Å². The van der Waals surface area contributed by atoms with Crippen molar-refractivity contribution in [3.63, 3.8) is 0 Å². The molecule has 0 bridgehead atoms. The first-order valence-electron chi connectivity index (χ1n) is 3.50. The number of hydrogen-bond acceptors (Lipinski definition) is 1. The molecular formula is C10H15N. The van der Waals surface area contributed by atoms with Crippen LogP contribution in [0.5, 0.6) is 0 Å². The molecular weight excluding hydrogens is 134 g/mol. The first kappa shape index (κ1) is 9.76. The van der Waals surface area contributed by atoms with E-state index < -0.39 is 0 Å². The van der Waals surface area contributed by atoms with Crippen molar-refractivity contribution in [2.24, 2.45) is 0 Å². The summed E-state index contributed by atoms with van der Waals surface area (Å²) in [6.07, 6.45) is 3.53. The van der Waals surface area contributed by atoms with Gasteiger partial charge in [0.05, 0.1) is 0 Å². The van der Waals surface area contributed by atoms with Gasteiger partial charge in [0.2, 0.25) is 0 Å². The van der Waals surface area contributed by atoms with E-state index in [1.807, 2.05) is 14.0 Å². The van der Waals surface area contributed by atoms with E-state index in [0.717, 1.165) is 16.8 Å². The maximum atomic E-state index is 3.83. The molecule has 0 fully saturated rings. The van der Waals surface area contributed by atoms with E-state index in [0.29, 0.717) is 0 Å². The SMILES string of the molecule is C=C/C(NC)=C(\C=C)C(=C)C. The third kappa shape index (κ3) is 2.46. The smallest absolute Gasteiger partial charge is 0.0407 e. The summed E-state index contributed by atoms with van der Waals surface area (Å²) >= 11 is 0. The van der Waals surface area contributed by atoms with Crippen LogP contribution in [-0.2, 0) is 0 Å². The van der Waals surface area contributed by atoms with Crippen molar-refractivity contribution in [2.75, 3.05) is 7.05 Å². The highest BCUT2D eigenvalue weighted by Crippen LogP contribution is 2.12. The molecule has 0 spiro atoms. The number of rotatable bonds is 4. The van der Waals surface area contributed by atoms with Crippen molar-refractivity contribution < 1.29 is 0 Å². The number of hydrogen-bond donors (Lipinski definition) is 1. The Morgan fingerprint density at radius 2 is 1.82 bits per heavy atom. The average molecular weight is 149 g/mol. The molecule has 0 aliphatic carbocycles. The van der Waals surface area contributed by atoms with Crippen molar-refractivity contribution in [1.29, 1.82) is 0 Å². The Labute approximate surface area is 68.8 Å². The van der Waals surface area contributed by atoms with Crippen LogP contribution in [0.3, 0.4) is 0 Å². The van der Waals surface area contributed by atoms with E-state index in [1.165, 1.54) is 0 Å². The van der Waals surface area contributed by atoms with E-state index in [2.05, 4.69) is 25.1 Å². The van der Waals surface area contributed by atoms with Crippen LogP contribution in [0.15, 0.2) is 48.7 Å². The fourth-order valence-corrected chi connectivity index (χ4v) is 0.861. The third-order valence-corrected chi connectivity index (χ3v) is 1.43. The summed E-state index contributed by atoms with van der Waals surface area (Å²) < 4.78 is 0. The number of nitrogens with one attached hydrogen (secondary N) is 1. The molecule has 1 heteroatoms. The highest BCUT2D eigenvalue weighted by atomic mass is 14.8. The van der Waals surface area contributed by atoms with Crippen molar-refractivity contribution >= 4 is 0 Å². The van der Waals surface area contributed by atoms with Gasteiger partial charge in [-0.2, -0.15) is 0 Å². The molecule has 0 atom stereocenters. The summed E-state index contributed by atoms with van der Waals surface area (Å²) in [7, 11) is 1.85. The van der Waals surface area contributed by atoms with Gasteiger partial charge >= 0.3 is 0 Å². The lowest BCUT2D eigenvalue weighted by molar-refractivity contribution is 1.02. The van der Waals surface area contributed by atoms with Crippen molar-refractivity contribution in [3.8, 4) is 0 Å². The second-order valence-corrected chi connectivity index (χ2v) is 2.27. The molecule has 0 heterocycles. The Morgan fingerprint density at radius 1 is 1.27 bits per heavy atom. The highest BCUT2D eigenvalue weighted by Gasteiger charge is 1.97. The predicted octanol–water partition coefficient (Wildman–Crippen LogP) is 2.41. The van der Waals surface area contributed by atoms with Crippen LogP contribution in [-0.4, -0.2) is 7.05 Å². The van der Waals surface area contributed by atoms with Crippen LogP contribution in [0, 0.1) is 0 Å². The minimum atomic E-state index is 0.965. The minimum absolute atomic E-state index is 0.965. The van der Waals surface area contributed by atoms with E-state index >= 15 is 0 Å². The Morgan fingerprint density at radius 3 is 1.91 bits per heavy atom. The largest absolute Gasteiger partial charge is 0.388 e. The van der Waals surface area contributed by atoms with Crippen LogP contribution in [0.2, 0.25) is 0 Å². The first-order valence-corrected chi connectivity index (χ1v) is 3.50. The fraction of sp³-hybridized carbons (Fsp3) is 0.200. The first-order chi connectivity index (χ1) is 5.17. The van der Waals surface area contributed by atoms with Crippen molar-refractivity contribution in [2.45, 2.75) is 6.92 Å². The fourth-order valence-electron chi connectivity index (χ4n) is 0.861. The summed E-state index contributed by atoms with van der Waals surface area (Å²) in [6.45, 7) is 13.1. The standard InChI is InChI=1S/C10H15N/c1-6-9(8(3)4)10(7-2)11-5/h6-7,11H,1-3H2,4-5H3/b10-9-. The topological polar surface area (TPSA) is 12.0 Å². The lowest BCUT2D eigenvalue weighted by Crippen LogP contribution is -2.06. The molecule has 0 aliphatic rings. The summed E-state index contributed by atoms with van der Waals surface area (Å²) in [5.74, 6) is 0. The second-order valence-electron chi connectivity index (χ2n) is 2.27. The van der Waals surface area contributed by atoms with E-state index in [9.17, 15) is 0 Å². The molecule has 1 N–H and O–H groups in total. The molecule has 0 aliphatic heterocycles. The molecule has 1 nitrogen and oxygen atoms in total. The molecule has 0 saturated carbocycles. The van der Waals surface area contributed by atoms with Gasteiger partial charge in [0, 0.05) is 12.7 Å². The molecule has 0 aromatic carbocycles. The quantitative estimate of drug-likeness (QED) is 0.605. The summed E-state index contributed by atoms with van der Waals surface area (Å²) in [6, 6.07) is 0. The van der Waals surface area contributed by atoms with Gasteiger partial charge in [-0.15, -0.1) is 0 Å². The van der Waals surface area contributed by atoms with Crippen LogP contribution in [0.25, 0.3) is 0 Å². The Balaban J connectivity index is 4.92. The molecule has 0 amide bonds. The average Bonchev–Trinajstić information content (AvgIpc) is 1.99. The zero-order chi connectivity index (χ0) is 8.85. The highest BCUT2D eigenvalue weighted by molar-refractivity contribution is 5.42. The van der Waals surface area contributed by atoms with Crippen LogP contribution >= 0.6 is 0 Å². The van der Waals surface area contributed by atoms with Gasteiger partial charge in [-0.25, -0.2) is 0 Å². The number of likely N-dealkylation sites (N-methyl/N-ethyl adjacent to an activating group) is 1. The summed E-state index contributed by atoms with van der Waals surface area (Å²) in [5.41, 5.74) is 2.97. The second kappa shape index (κ2) is 4.56. The molecule has 11 heavy (non-hydrogen) atoms. The molecule has 0 aromatic heterocycles. The molecule has 0 aromatic rings. The van der Waals surface area contributed by atoms with Gasteiger partial charge in [0.15, 0.2) is 0 Å².